The van der Waals surface area contributed by atoms with Gasteiger partial charge in [-0.15, -0.1) is 11.8 Å². The molecule has 33 heavy (non-hydrogen) atoms. The van der Waals surface area contributed by atoms with Crippen molar-refractivity contribution in [2.24, 2.45) is 0 Å². The van der Waals surface area contributed by atoms with E-state index in [2.05, 4.69) is 0 Å². The van der Waals surface area contributed by atoms with Gasteiger partial charge in [-0.2, -0.15) is 0 Å². The van der Waals surface area contributed by atoms with Crippen LogP contribution in [0.3, 0.4) is 0 Å². The lowest BCUT2D eigenvalue weighted by atomic mass is 10.0. The lowest BCUT2D eigenvalue weighted by Crippen LogP contribution is -2.31. The van der Waals surface area contributed by atoms with E-state index in [4.69, 9.17) is 4.74 Å². The molecule has 6 nitrogen and oxygen atoms in total. The fraction of sp³-hybridized carbons (Fsp3) is 0.120. The second kappa shape index (κ2) is 9.79. The zero-order valence-electron chi connectivity index (χ0n) is 17.3. The molecule has 0 radical (unpaired) electrons. The van der Waals surface area contributed by atoms with Crippen LogP contribution in [0.25, 0.3) is 0 Å². The van der Waals surface area contributed by atoms with Crippen molar-refractivity contribution in [1.29, 1.82) is 0 Å². The van der Waals surface area contributed by atoms with E-state index >= 15 is 0 Å². The standard InChI is InChI=1S/C25H18FNO5S/c26-18-10-6-16(7-11-18)24(30)17-8-12-20(13-9-17)32-23(29)15-33-21-14-22(28)27(25(21)31)19-4-2-1-3-5-19/h1-13,21H,14-15H2/t21-/m1/s1. The second-order valence-electron chi connectivity index (χ2n) is 7.24. The molecule has 1 aliphatic rings. The Morgan fingerprint density at radius 2 is 1.52 bits per heavy atom. The minimum Gasteiger partial charge on any atom is -0.426 e. The van der Waals surface area contributed by atoms with E-state index in [1.54, 1.807) is 30.3 Å². The van der Waals surface area contributed by atoms with Gasteiger partial charge in [-0.3, -0.25) is 19.2 Å². The van der Waals surface area contributed by atoms with Gasteiger partial charge in [0, 0.05) is 17.5 Å². The van der Waals surface area contributed by atoms with Crippen molar-refractivity contribution in [3.8, 4) is 5.75 Å². The van der Waals surface area contributed by atoms with Gasteiger partial charge in [0.2, 0.25) is 11.8 Å². The fourth-order valence-corrected chi connectivity index (χ4v) is 4.26. The summed E-state index contributed by atoms with van der Waals surface area (Å²) in [5, 5.41) is -0.652. The van der Waals surface area contributed by atoms with Crippen LogP contribution in [0.4, 0.5) is 10.1 Å². The maximum atomic E-state index is 13.0. The molecule has 0 N–H and O–H groups in total. The Morgan fingerprint density at radius 1 is 0.909 bits per heavy atom. The first-order chi connectivity index (χ1) is 15.9. The molecular formula is C25H18FNO5S. The molecule has 0 aromatic heterocycles. The van der Waals surface area contributed by atoms with E-state index < -0.39 is 17.0 Å². The van der Waals surface area contributed by atoms with Gasteiger partial charge >= 0.3 is 5.97 Å². The summed E-state index contributed by atoms with van der Waals surface area (Å²) in [6.07, 6.45) is 0.0197. The van der Waals surface area contributed by atoms with E-state index in [9.17, 15) is 23.6 Å². The molecule has 2 amide bonds. The van der Waals surface area contributed by atoms with Crippen LogP contribution < -0.4 is 9.64 Å². The van der Waals surface area contributed by atoms with Crippen molar-refractivity contribution in [2.75, 3.05) is 10.7 Å². The van der Waals surface area contributed by atoms with Gasteiger partial charge in [0.25, 0.3) is 0 Å². The summed E-state index contributed by atoms with van der Waals surface area (Å²) in [5.41, 5.74) is 1.22. The number of amides is 2. The third-order valence-electron chi connectivity index (χ3n) is 4.98. The average molecular weight is 463 g/mol. The molecular weight excluding hydrogens is 445 g/mol. The molecule has 1 atom stereocenters. The zero-order chi connectivity index (χ0) is 23.4. The van der Waals surface area contributed by atoms with Gasteiger partial charge in [-0.1, -0.05) is 18.2 Å². The van der Waals surface area contributed by atoms with Crippen molar-refractivity contribution < 1.29 is 28.3 Å². The number of anilines is 1. The lowest BCUT2D eigenvalue weighted by Gasteiger charge is -2.14. The van der Waals surface area contributed by atoms with Crippen molar-refractivity contribution in [2.45, 2.75) is 11.7 Å². The van der Waals surface area contributed by atoms with Crippen molar-refractivity contribution in [1.82, 2.24) is 0 Å². The molecule has 0 saturated carbocycles. The van der Waals surface area contributed by atoms with Crippen molar-refractivity contribution in [3.05, 3.63) is 95.8 Å². The number of nitrogens with zero attached hydrogens (tertiary/aromatic N) is 1. The Kier molecular flexibility index (Phi) is 6.65. The first-order valence-electron chi connectivity index (χ1n) is 10.1. The van der Waals surface area contributed by atoms with E-state index in [0.717, 1.165) is 16.7 Å². The van der Waals surface area contributed by atoms with E-state index in [0.29, 0.717) is 16.8 Å². The Morgan fingerprint density at radius 3 is 2.15 bits per heavy atom. The first-order valence-corrected chi connectivity index (χ1v) is 11.1. The van der Waals surface area contributed by atoms with Crippen molar-refractivity contribution in [3.63, 3.8) is 0 Å². The number of rotatable bonds is 7. The van der Waals surface area contributed by atoms with Gasteiger partial charge in [-0.25, -0.2) is 9.29 Å². The number of carbonyl (C=O) groups is 4. The first kappa shape index (κ1) is 22.4. The van der Waals surface area contributed by atoms with E-state index in [-0.39, 0.29) is 35.5 Å². The Hall–Kier alpha value is -3.78. The van der Waals surface area contributed by atoms with Crippen LogP contribution in [-0.2, 0) is 14.4 Å². The molecule has 0 aliphatic carbocycles. The summed E-state index contributed by atoms with van der Waals surface area (Å²) in [6, 6.07) is 19.9. The number of carbonyl (C=O) groups excluding carboxylic acids is 4. The number of imide groups is 1. The third kappa shape index (κ3) is 5.18. The summed E-state index contributed by atoms with van der Waals surface area (Å²) >= 11 is 1.06. The zero-order valence-corrected chi connectivity index (χ0v) is 18.1. The SMILES string of the molecule is O=C(CS[C@@H]1CC(=O)N(c2ccccc2)C1=O)Oc1ccc(C(=O)c2ccc(F)cc2)cc1. The summed E-state index contributed by atoms with van der Waals surface area (Å²) in [6.45, 7) is 0. The van der Waals surface area contributed by atoms with Gasteiger partial charge in [-0.05, 0) is 60.7 Å². The van der Waals surface area contributed by atoms with E-state index in [1.807, 2.05) is 0 Å². The van der Waals surface area contributed by atoms with Crippen LogP contribution in [-0.4, -0.2) is 34.6 Å². The quantitative estimate of drug-likeness (QED) is 0.228. The highest BCUT2D eigenvalue weighted by atomic mass is 32.2. The Labute approximate surface area is 193 Å². The van der Waals surface area contributed by atoms with Gasteiger partial charge in [0.15, 0.2) is 5.78 Å². The highest BCUT2D eigenvalue weighted by Gasteiger charge is 2.40. The number of hydrogen-bond donors (Lipinski definition) is 0. The average Bonchev–Trinajstić information content (AvgIpc) is 3.11. The largest absolute Gasteiger partial charge is 0.426 e. The van der Waals surface area contributed by atoms with Crippen LogP contribution >= 0.6 is 11.8 Å². The smallest absolute Gasteiger partial charge is 0.321 e. The third-order valence-corrected chi connectivity index (χ3v) is 6.15. The number of hydrogen-bond acceptors (Lipinski definition) is 6. The molecule has 0 bridgehead atoms. The monoisotopic (exact) mass is 463 g/mol. The minimum atomic E-state index is -0.652. The molecule has 8 heteroatoms. The predicted molar refractivity (Wildman–Crippen MR) is 122 cm³/mol. The predicted octanol–water partition coefficient (Wildman–Crippen LogP) is 4.03. The van der Waals surface area contributed by atoms with Gasteiger partial charge in [0.05, 0.1) is 16.7 Å². The number of ketones is 1. The molecule has 1 saturated heterocycles. The number of benzene rings is 3. The molecule has 0 spiro atoms. The summed E-state index contributed by atoms with van der Waals surface area (Å²) in [5.74, 6) is -1.81. The molecule has 3 aromatic rings. The van der Waals surface area contributed by atoms with Crippen LogP contribution in [0.15, 0.2) is 78.9 Å². The maximum absolute atomic E-state index is 13.0. The van der Waals surface area contributed by atoms with Crippen LogP contribution in [0.2, 0.25) is 0 Å². The Bertz CT molecular complexity index is 1200. The highest BCUT2D eigenvalue weighted by molar-refractivity contribution is 8.01. The van der Waals surface area contributed by atoms with Gasteiger partial charge < -0.3 is 4.74 Å². The number of para-hydroxylation sites is 1. The number of ether oxygens (including phenoxy) is 1. The van der Waals surface area contributed by atoms with Crippen LogP contribution in [0, 0.1) is 5.82 Å². The topological polar surface area (TPSA) is 80.8 Å². The lowest BCUT2D eigenvalue weighted by molar-refractivity contribution is -0.131. The van der Waals surface area contributed by atoms with Crippen LogP contribution in [0.1, 0.15) is 22.3 Å². The summed E-state index contributed by atoms with van der Waals surface area (Å²) in [4.78, 5) is 50.7. The van der Waals surface area contributed by atoms with Crippen LogP contribution in [0.5, 0.6) is 5.75 Å². The maximum Gasteiger partial charge on any atom is 0.321 e. The number of esters is 1. The second-order valence-corrected chi connectivity index (χ2v) is 8.43. The summed E-state index contributed by atoms with van der Waals surface area (Å²) in [7, 11) is 0. The fourth-order valence-electron chi connectivity index (χ4n) is 3.35. The Balaban J connectivity index is 1.31. The molecule has 3 aromatic carbocycles. The van der Waals surface area contributed by atoms with Crippen molar-refractivity contribution >= 4 is 41.0 Å². The van der Waals surface area contributed by atoms with Gasteiger partial charge in [0.1, 0.15) is 11.6 Å². The summed E-state index contributed by atoms with van der Waals surface area (Å²) < 4.78 is 18.3. The molecule has 1 heterocycles. The molecule has 0 unspecified atom stereocenters. The van der Waals surface area contributed by atoms with E-state index in [1.165, 1.54) is 48.5 Å². The highest BCUT2D eigenvalue weighted by Crippen LogP contribution is 2.29. The molecule has 1 fully saturated rings. The number of halogens is 1. The molecule has 1 aliphatic heterocycles. The number of thioether (sulfide) groups is 1. The molecule has 166 valence electrons. The normalized spacial score (nSPS) is 15.5. The molecule has 4 rings (SSSR count). The minimum absolute atomic E-state index is 0.0197.